The highest BCUT2D eigenvalue weighted by Crippen LogP contribution is 2.22. The van der Waals surface area contributed by atoms with Gasteiger partial charge in [-0.05, 0) is 63.5 Å². The second kappa shape index (κ2) is 8.18. The number of nitrogens with one attached hydrogen (secondary N) is 2. The van der Waals surface area contributed by atoms with E-state index in [1.807, 2.05) is 0 Å². The number of carbonyl (C=O) groups excluding carboxylic acids is 1. The van der Waals surface area contributed by atoms with E-state index in [2.05, 4.69) is 22.0 Å². The van der Waals surface area contributed by atoms with E-state index in [-0.39, 0.29) is 10.9 Å². The average Bonchev–Trinajstić information content (AvgIpc) is 2.47. The van der Waals surface area contributed by atoms with E-state index < -0.39 is 10.0 Å². The molecule has 0 radical (unpaired) electrons. The van der Waals surface area contributed by atoms with Gasteiger partial charge in [0.25, 0.3) is 5.91 Å². The molecule has 1 aromatic rings. The monoisotopic (exact) mass is 373 g/mol. The van der Waals surface area contributed by atoms with Crippen LogP contribution in [0.2, 0.25) is 5.02 Å². The summed E-state index contributed by atoms with van der Waals surface area (Å²) >= 11 is 6.10. The number of piperidine rings is 1. The Hall–Kier alpha value is -1.31. The van der Waals surface area contributed by atoms with Gasteiger partial charge in [0.15, 0.2) is 0 Å². The summed E-state index contributed by atoms with van der Waals surface area (Å²) in [6, 6.07) is 4.49. The fourth-order valence-electron chi connectivity index (χ4n) is 2.81. The third-order valence-electron chi connectivity index (χ3n) is 4.19. The van der Waals surface area contributed by atoms with Crippen molar-refractivity contribution in [3.05, 3.63) is 28.8 Å². The highest BCUT2D eigenvalue weighted by atomic mass is 35.5. The van der Waals surface area contributed by atoms with E-state index >= 15 is 0 Å². The highest BCUT2D eigenvalue weighted by Gasteiger charge is 2.17. The van der Waals surface area contributed by atoms with E-state index in [9.17, 15) is 13.2 Å². The second-order valence-electron chi connectivity index (χ2n) is 6.36. The Morgan fingerprint density at radius 1 is 1.33 bits per heavy atom. The van der Waals surface area contributed by atoms with Crippen LogP contribution in [-0.2, 0) is 10.0 Å². The smallest absolute Gasteiger partial charge is 0.252 e. The first-order valence-corrected chi connectivity index (χ1v) is 10.3. The van der Waals surface area contributed by atoms with Gasteiger partial charge in [0.05, 0.1) is 16.8 Å². The number of benzene rings is 1. The van der Waals surface area contributed by atoms with Crippen molar-refractivity contribution in [1.29, 1.82) is 0 Å². The van der Waals surface area contributed by atoms with Crippen LogP contribution in [0.25, 0.3) is 0 Å². The van der Waals surface area contributed by atoms with Gasteiger partial charge in [-0.1, -0.05) is 11.6 Å². The fraction of sp³-hybridized carbons (Fsp3) is 0.562. The number of hydrogen-bond acceptors (Lipinski definition) is 4. The molecule has 0 atom stereocenters. The summed E-state index contributed by atoms with van der Waals surface area (Å²) in [5, 5.41) is 3.11. The normalized spacial score (nSPS) is 16.8. The molecular weight excluding hydrogens is 350 g/mol. The lowest BCUT2D eigenvalue weighted by atomic mass is 9.94. The van der Waals surface area contributed by atoms with E-state index in [1.165, 1.54) is 31.0 Å². The zero-order chi connectivity index (χ0) is 17.7. The van der Waals surface area contributed by atoms with E-state index in [0.717, 1.165) is 25.8 Å². The Bertz CT molecular complexity index is 686. The zero-order valence-corrected chi connectivity index (χ0v) is 15.6. The minimum atomic E-state index is -3.37. The molecule has 1 aliphatic rings. The molecule has 2 N–H and O–H groups in total. The number of hydrogen-bond donors (Lipinski definition) is 2. The van der Waals surface area contributed by atoms with E-state index in [1.54, 1.807) is 0 Å². The van der Waals surface area contributed by atoms with Crippen molar-refractivity contribution in [2.24, 2.45) is 5.92 Å². The standard InChI is InChI=1S/C16H24ClN3O3S/c1-20-9-6-12(7-10-20)5-8-18-16(21)14-4-3-13(11-15(14)17)19-24(2,22)23/h3-4,11-12,19H,5-10H2,1-2H3,(H,18,21). The predicted molar refractivity (Wildman–Crippen MR) is 97.1 cm³/mol. The molecule has 134 valence electrons. The van der Waals surface area contributed by atoms with Crippen LogP contribution in [0.3, 0.4) is 0 Å². The Balaban J connectivity index is 1.86. The summed E-state index contributed by atoms with van der Waals surface area (Å²) in [5.74, 6) is 0.414. The van der Waals surface area contributed by atoms with Crippen LogP contribution >= 0.6 is 11.6 Å². The molecule has 0 aliphatic carbocycles. The summed E-state index contributed by atoms with van der Waals surface area (Å²) in [4.78, 5) is 14.5. The van der Waals surface area contributed by atoms with Gasteiger partial charge in [-0.2, -0.15) is 0 Å². The summed E-state index contributed by atoms with van der Waals surface area (Å²) in [6.45, 7) is 2.84. The Morgan fingerprint density at radius 2 is 2.00 bits per heavy atom. The molecule has 0 unspecified atom stereocenters. The first-order chi connectivity index (χ1) is 11.2. The molecule has 1 fully saturated rings. The van der Waals surface area contributed by atoms with Crippen molar-refractivity contribution >= 4 is 33.2 Å². The van der Waals surface area contributed by atoms with Gasteiger partial charge in [-0.15, -0.1) is 0 Å². The molecule has 1 saturated heterocycles. The van der Waals surface area contributed by atoms with Crippen molar-refractivity contribution in [2.45, 2.75) is 19.3 Å². The highest BCUT2D eigenvalue weighted by molar-refractivity contribution is 7.92. The molecule has 1 aromatic carbocycles. The summed E-state index contributed by atoms with van der Waals surface area (Å²) in [5.41, 5.74) is 0.685. The topological polar surface area (TPSA) is 78.5 Å². The SMILES string of the molecule is CN1CCC(CCNC(=O)c2ccc(NS(C)(=O)=O)cc2Cl)CC1. The van der Waals surface area contributed by atoms with E-state index in [0.29, 0.717) is 23.7 Å². The zero-order valence-electron chi connectivity index (χ0n) is 14.0. The second-order valence-corrected chi connectivity index (χ2v) is 8.52. The Morgan fingerprint density at radius 3 is 2.58 bits per heavy atom. The third kappa shape index (κ3) is 5.96. The van der Waals surface area contributed by atoms with Gasteiger partial charge in [0, 0.05) is 12.2 Å². The molecule has 1 amide bonds. The summed E-state index contributed by atoms with van der Waals surface area (Å²) in [7, 11) is -1.24. The molecule has 0 spiro atoms. The van der Waals surface area contributed by atoms with E-state index in [4.69, 9.17) is 11.6 Å². The molecule has 24 heavy (non-hydrogen) atoms. The van der Waals surface area contributed by atoms with Gasteiger partial charge >= 0.3 is 0 Å². The van der Waals surface area contributed by atoms with Gasteiger partial charge in [-0.3, -0.25) is 9.52 Å². The van der Waals surface area contributed by atoms with Gasteiger partial charge in [0.2, 0.25) is 10.0 Å². The third-order valence-corrected chi connectivity index (χ3v) is 5.11. The molecule has 0 bridgehead atoms. The molecular formula is C16H24ClN3O3S. The molecule has 1 heterocycles. The first-order valence-electron chi connectivity index (χ1n) is 7.98. The molecule has 0 aromatic heterocycles. The van der Waals surface area contributed by atoms with Crippen LogP contribution in [-0.4, -0.2) is 52.2 Å². The number of anilines is 1. The fourth-order valence-corrected chi connectivity index (χ4v) is 3.63. The van der Waals surface area contributed by atoms with Crippen LogP contribution in [0, 0.1) is 5.92 Å². The quantitative estimate of drug-likeness (QED) is 0.801. The van der Waals surface area contributed by atoms with Crippen LogP contribution < -0.4 is 10.0 Å². The van der Waals surface area contributed by atoms with Crippen molar-refractivity contribution in [3.63, 3.8) is 0 Å². The van der Waals surface area contributed by atoms with Crippen molar-refractivity contribution in [1.82, 2.24) is 10.2 Å². The number of sulfonamides is 1. The van der Waals surface area contributed by atoms with Crippen LogP contribution in [0.4, 0.5) is 5.69 Å². The molecule has 8 heteroatoms. The summed E-state index contributed by atoms with van der Waals surface area (Å²) in [6.07, 6.45) is 4.35. The van der Waals surface area contributed by atoms with Crippen LogP contribution in [0.15, 0.2) is 18.2 Å². The number of carbonyl (C=O) groups is 1. The Labute approximate surface area is 148 Å². The van der Waals surface area contributed by atoms with Gasteiger partial charge < -0.3 is 10.2 Å². The lowest BCUT2D eigenvalue weighted by Gasteiger charge is -2.28. The van der Waals surface area contributed by atoms with Crippen LogP contribution in [0.1, 0.15) is 29.6 Å². The maximum Gasteiger partial charge on any atom is 0.252 e. The molecule has 6 nitrogen and oxygen atoms in total. The van der Waals surface area contributed by atoms with Crippen LogP contribution in [0.5, 0.6) is 0 Å². The molecule has 2 rings (SSSR count). The summed E-state index contributed by atoms with van der Waals surface area (Å²) < 4.78 is 24.7. The number of likely N-dealkylation sites (tertiary alicyclic amines) is 1. The van der Waals surface area contributed by atoms with Gasteiger partial charge in [0.1, 0.15) is 0 Å². The van der Waals surface area contributed by atoms with Crippen molar-refractivity contribution in [2.75, 3.05) is 37.7 Å². The van der Waals surface area contributed by atoms with Crippen molar-refractivity contribution in [3.8, 4) is 0 Å². The average molecular weight is 374 g/mol. The minimum absolute atomic E-state index is 0.223. The number of halogens is 1. The lowest BCUT2D eigenvalue weighted by Crippen LogP contribution is -2.32. The maximum absolute atomic E-state index is 12.2. The number of amides is 1. The molecule has 1 aliphatic heterocycles. The Kier molecular flexibility index (Phi) is 6.48. The number of nitrogens with zero attached hydrogens (tertiary/aromatic N) is 1. The number of rotatable bonds is 6. The largest absolute Gasteiger partial charge is 0.352 e. The molecule has 0 saturated carbocycles. The minimum Gasteiger partial charge on any atom is -0.352 e. The van der Waals surface area contributed by atoms with Gasteiger partial charge in [-0.25, -0.2) is 8.42 Å². The predicted octanol–water partition coefficient (Wildman–Crippen LogP) is 2.17. The van der Waals surface area contributed by atoms with Crippen molar-refractivity contribution < 1.29 is 13.2 Å². The first kappa shape index (κ1) is 19.0. The lowest BCUT2D eigenvalue weighted by molar-refractivity contribution is 0.0949. The maximum atomic E-state index is 12.2.